The first kappa shape index (κ1) is 19.4. The molecular formula is C24H30FN5O. The summed E-state index contributed by atoms with van der Waals surface area (Å²) in [6, 6.07) is 7.07. The topological polar surface area (TPSA) is 63.9 Å². The van der Waals surface area contributed by atoms with Crippen molar-refractivity contribution in [1.82, 2.24) is 25.1 Å². The first-order chi connectivity index (χ1) is 14.9. The third-order valence-corrected chi connectivity index (χ3v) is 9.24. The Balaban J connectivity index is 1.27. The largest absolute Gasteiger partial charge is 0.341 e. The lowest BCUT2D eigenvalue weighted by molar-refractivity contribution is -0.146. The number of carbonyl (C=O) groups is 1. The molecule has 0 radical (unpaired) electrons. The lowest BCUT2D eigenvalue weighted by atomic mass is 9.41. The van der Waals surface area contributed by atoms with Crippen LogP contribution in [0.25, 0.3) is 0 Å². The summed E-state index contributed by atoms with van der Waals surface area (Å²) in [7, 11) is 1.76. The van der Waals surface area contributed by atoms with Gasteiger partial charge >= 0.3 is 0 Å². The zero-order chi connectivity index (χ0) is 21.3. The fourth-order valence-corrected chi connectivity index (χ4v) is 7.56. The second-order valence-corrected chi connectivity index (χ2v) is 10.6. The summed E-state index contributed by atoms with van der Waals surface area (Å²) >= 11 is 0. The number of halogens is 1. The van der Waals surface area contributed by atoms with Gasteiger partial charge in [0.05, 0.1) is 13.0 Å². The molecule has 5 aliphatic rings. The van der Waals surface area contributed by atoms with Crippen LogP contribution in [0, 0.1) is 35.4 Å². The summed E-state index contributed by atoms with van der Waals surface area (Å²) < 4.78 is 13.8. The van der Waals surface area contributed by atoms with Gasteiger partial charge in [0.25, 0.3) is 0 Å². The third kappa shape index (κ3) is 2.88. The molecule has 4 bridgehead atoms. The normalized spacial score (nSPS) is 36.6. The van der Waals surface area contributed by atoms with Crippen LogP contribution in [0.15, 0.2) is 24.3 Å². The van der Waals surface area contributed by atoms with Gasteiger partial charge in [0.1, 0.15) is 5.82 Å². The Bertz CT molecular complexity index is 966. The SMILES string of the molecule is CC1C2CC3CC1CC(C2)C3(CC(=O)N1CC(c2nnn(C)n2)C1)c1ccc(F)cc1. The molecule has 0 unspecified atom stereocenters. The van der Waals surface area contributed by atoms with E-state index in [4.69, 9.17) is 0 Å². The second kappa shape index (κ2) is 6.84. The van der Waals surface area contributed by atoms with Gasteiger partial charge in [0.15, 0.2) is 5.82 Å². The van der Waals surface area contributed by atoms with Gasteiger partial charge in [-0.1, -0.05) is 19.1 Å². The Morgan fingerprint density at radius 1 is 1.10 bits per heavy atom. The summed E-state index contributed by atoms with van der Waals surface area (Å²) in [4.78, 5) is 16.9. The van der Waals surface area contributed by atoms with E-state index in [0.29, 0.717) is 31.3 Å². The molecule has 0 atom stereocenters. The van der Waals surface area contributed by atoms with Crippen molar-refractivity contribution in [2.75, 3.05) is 13.1 Å². The van der Waals surface area contributed by atoms with Crippen LogP contribution in [-0.2, 0) is 17.3 Å². The number of hydrogen-bond acceptors (Lipinski definition) is 4. The Morgan fingerprint density at radius 3 is 2.26 bits per heavy atom. The highest BCUT2D eigenvalue weighted by atomic mass is 19.1. The number of amides is 1. The van der Waals surface area contributed by atoms with Gasteiger partial charge < -0.3 is 4.90 Å². The molecule has 4 aliphatic carbocycles. The number of likely N-dealkylation sites (tertiary alicyclic amines) is 1. The zero-order valence-corrected chi connectivity index (χ0v) is 18.2. The number of aromatic nitrogens is 4. The van der Waals surface area contributed by atoms with Crippen LogP contribution in [0.2, 0.25) is 0 Å². The molecule has 1 amide bonds. The summed E-state index contributed by atoms with van der Waals surface area (Å²) in [6.07, 6.45) is 5.40. The minimum atomic E-state index is -0.204. The maximum Gasteiger partial charge on any atom is 0.223 e. The molecule has 6 nitrogen and oxygen atoms in total. The van der Waals surface area contributed by atoms with Crippen molar-refractivity contribution in [2.24, 2.45) is 36.6 Å². The van der Waals surface area contributed by atoms with Crippen LogP contribution in [0.5, 0.6) is 0 Å². The standard InChI is InChI=1S/C24H30FN5O/c1-14-15-7-19-9-16(14)10-20(8-15)24(19,18-3-5-21(25)6-4-18)11-22(31)30-12-17(13-30)23-26-28-29(2)27-23/h3-6,14-17,19-20H,7-13H2,1-2H3. The van der Waals surface area contributed by atoms with E-state index in [-0.39, 0.29) is 23.1 Å². The number of hydrogen-bond donors (Lipinski definition) is 0. The molecule has 0 spiro atoms. The average molecular weight is 424 g/mol. The molecular weight excluding hydrogens is 393 g/mol. The molecule has 0 N–H and O–H groups in total. The van der Waals surface area contributed by atoms with Crippen molar-refractivity contribution in [3.8, 4) is 0 Å². The van der Waals surface area contributed by atoms with Crippen molar-refractivity contribution >= 4 is 5.91 Å². The van der Waals surface area contributed by atoms with Crippen LogP contribution < -0.4 is 0 Å². The molecule has 7 rings (SSSR count). The molecule has 5 fully saturated rings. The molecule has 1 aliphatic heterocycles. The number of aryl methyl sites for hydroxylation is 1. The maximum atomic E-state index is 13.8. The molecule has 2 heterocycles. The molecule has 31 heavy (non-hydrogen) atoms. The van der Waals surface area contributed by atoms with Gasteiger partial charge in [-0.05, 0) is 78.2 Å². The maximum absolute atomic E-state index is 13.8. The highest BCUT2D eigenvalue weighted by molar-refractivity contribution is 5.79. The van der Waals surface area contributed by atoms with Crippen molar-refractivity contribution in [2.45, 2.75) is 50.4 Å². The van der Waals surface area contributed by atoms with Crippen LogP contribution in [-0.4, -0.2) is 44.1 Å². The Labute approximate surface area is 182 Å². The zero-order valence-electron chi connectivity index (χ0n) is 18.2. The van der Waals surface area contributed by atoms with Gasteiger partial charge in [-0.3, -0.25) is 4.79 Å². The molecule has 1 aromatic heterocycles. The van der Waals surface area contributed by atoms with Crippen LogP contribution in [0.3, 0.4) is 0 Å². The lowest BCUT2D eigenvalue weighted by Crippen LogP contribution is -2.60. The van der Waals surface area contributed by atoms with E-state index in [1.54, 1.807) is 19.2 Å². The molecule has 2 aromatic rings. The first-order valence-corrected chi connectivity index (χ1v) is 11.7. The molecule has 4 saturated carbocycles. The Hall–Kier alpha value is -2.31. The van der Waals surface area contributed by atoms with E-state index in [2.05, 4.69) is 22.3 Å². The average Bonchev–Trinajstić information content (AvgIpc) is 3.11. The van der Waals surface area contributed by atoms with Crippen LogP contribution in [0.4, 0.5) is 4.39 Å². The van der Waals surface area contributed by atoms with Crippen molar-refractivity contribution < 1.29 is 9.18 Å². The number of benzene rings is 1. The highest BCUT2D eigenvalue weighted by Crippen LogP contribution is 2.65. The Morgan fingerprint density at radius 2 is 1.71 bits per heavy atom. The lowest BCUT2D eigenvalue weighted by Gasteiger charge is -2.64. The van der Waals surface area contributed by atoms with Gasteiger partial charge in [-0.2, -0.15) is 4.80 Å². The fourth-order valence-electron chi connectivity index (χ4n) is 7.56. The molecule has 1 saturated heterocycles. The van der Waals surface area contributed by atoms with E-state index >= 15 is 0 Å². The van der Waals surface area contributed by atoms with Gasteiger partial charge in [-0.25, -0.2) is 4.39 Å². The molecule has 1 aromatic carbocycles. The van der Waals surface area contributed by atoms with E-state index in [1.807, 2.05) is 17.0 Å². The van der Waals surface area contributed by atoms with E-state index in [0.717, 1.165) is 23.6 Å². The number of nitrogens with zero attached hydrogens (tertiary/aromatic N) is 5. The summed E-state index contributed by atoms with van der Waals surface area (Å²) in [5.41, 5.74) is 1.03. The van der Waals surface area contributed by atoms with Crippen LogP contribution in [0.1, 0.15) is 56.3 Å². The van der Waals surface area contributed by atoms with E-state index in [1.165, 1.54) is 36.0 Å². The number of rotatable bonds is 4. The van der Waals surface area contributed by atoms with Gasteiger partial charge in [-0.15, -0.1) is 10.2 Å². The quantitative estimate of drug-likeness (QED) is 0.757. The smallest absolute Gasteiger partial charge is 0.223 e. The Kier molecular flexibility index (Phi) is 4.28. The minimum absolute atomic E-state index is 0.145. The predicted octanol–water partition coefficient (Wildman–Crippen LogP) is 3.31. The number of tetrazole rings is 1. The first-order valence-electron chi connectivity index (χ1n) is 11.7. The van der Waals surface area contributed by atoms with Crippen molar-refractivity contribution in [1.29, 1.82) is 0 Å². The molecule has 7 heteroatoms. The van der Waals surface area contributed by atoms with Crippen molar-refractivity contribution in [3.05, 3.63) is 41.5 Å². The fraction of sp³-hybridized carbons (Fsp3) is 0.667. The third-order valence-electron chi connectivity index (χ3n) is 9.24. The van der Waals surface area contributed by atoms with Gasteiger partial charge in [0.2, 0.25) is 5.91 Å². The van der Waals surface area contributed by atoms with E-state index in [9.17, 15) is 9.18 Å². The van der Waals surface area contributed by atoms with Gasteiger partial charge in [0, 0.05) is 24.9 Å². The second-order valence-electron chi connectivity index (χ2n) is 10.6. The summed E-state index contributed by atoms with van der Waals surface area (Å²) in [5, 5.41) is 12.3. The van der Waals surface area contributed by atoms with Crippen molar-refractivity contribution in [3.63, 3.8) is 0 Å². The number of carbonyl (C=O) groups excluding carboxylic acids is 1. The minimum Gasteiger partial charge on any atom is -0.341 e. The molecule has 164 valence electrons. The van der Waals surface area contributed by atoms with Crippen LogP contribution >= 0.6 is 0 Å². The predicted molar refractivity (Wildman–Crippen MR) is 112 cm³/mol. The van der Waals surface area contributed by atoms with E-state index < -0.39 is 0 Å². The summed E-state index contributed by atoms with van der Waals surface area (Å²) in [5.74, 6) is 4.38. The summed E-state index contributed by atoms with van der Waals surface area (Å²) in [6.45, 7) is 3.77. The monoisotopic (exact) mass is 423 g/mol. The highest BCUT2D eigenvalue weighted by Gasteiger charge is 2.60.